The average molecular weight is 250 g/mol. The van der Waals surface area contributed by atoms with Crippen LogP contribution >= 0.6 is 0 Å². The first kappa shape index (κ1) is 11.8. The Hall–Kier alpha value is -2.71. The smallest absolute Gasteiger partial charge is 0.354 e. The third-order valence-corrected chi connectivity index (χ3v) is 2.25. The second-order valence-corrected chi connectivity index (χ2v) is 3.52. The highest BCUT2D eigenvalue weighted by Crippen LogP contribution is 2.07. The number of hydrogen-bond donors (Lipinski definition) is 3. The molecule has 0 saturated carbocycles. The molecule has 9 heteroatoms. The zero-order chi connectivity index (χ0) is 13.1. The monoisotopic (exact) mass is 250 g/mol. The molecule has 2 aromatic heterocycles. The number of hydrogen-bond acceptors (Lipinski definition) is 5. The number of imidazole rings is 1. The zero-order valence-electron chi connectivity index (χ0n) is 9.41. The van der Waals surface area contributed by atoms with Gasteiger partial charge in [0.15, 0.2) is 11.4 Å². The average Bonchev–Trinajstić information content (AvgIpc) is 2.97. The summed E-state index contributed by atoms with van der Waals surface area (Å²) in [4.78, 5) is 34.1. The van der Waals surface area contributed by atoms with E-state index in [2.05, 4.69) is 25.1 Å². The number of nitrogens with one attached hydrogen (secondary N) is 2. The van der Waals surface area contributed by atoms with Gasteiger partial charge in [0, 0.05) is 7.05 Å². The van der Waals surface area contributed by atoms with Crippen LogP contribution < -0.4 is 0 Å². The predicted molar refractivity (Wildman–Crippen MR) is 57.7 cm³/mol. The van der Waals surface area contributed by atoms with E-state index in [9.17, 15) is 9.59 Å². The van der Waals surface area contributed by atoms with Gasteiger partial charge in [-0.3, -0.25) is 9.89 Å². The maximum Gasteiger partial charge on any atom is 0.354 e. The maximum atomic E-state index is 12.0. The first-order chi connectivity index (χ1) is 8.59. The molecule has 0 bridgehead atoms. The van der Waals surface area contributed by atoms with Gasteiger partial charge in [0.25, 0.3) is 5.91 Å². The van der Waals surface area contributed by atoms with Crippen molar-refractivity contribution in [1.82, 2.24) is 30.0 Å². The molecular formula is C9H10N6O3. The standard InChI is InChI=1S/C9H10N6O3/c1-15(2-5-10-4-13-14-5)8(16)6-7(9(17)18)12-3-11-6/h3-4H,2H2,1H3,(H,11,12)(H,17,18)(H,10,13,14). The molecule has 2 heterocycles. The van der Waals surface area contributed by atoms with Crippen molar-refractivity contribution in [3.8, 4) is 0 Å². The van der Waals surface area contributed by atoms with Crippen LogP contribution in [-0.2, 0) is 6.54 Å². The van der Waals surface area contributed by atoms with Gasteiger partial charge in [-0.2, -0.15) is 5.10 Å². The Labute approximate surface area is 101 Å². The van der Waals surface area contributed by atoms with E-state index in [1.54, 1.807) is 0 Å². The fourth-order valence-electron chi connectivity index (χ4n) is 1.40. The number of H-pyrrole nitrogens is 2. The summed E-state index contributed by atoms with van der Waals surface area (Å²) in [5.41, 5.74) is -0.367. The summed E-state index contributed by atoms with van der Waals surface area (Å²) in [6, 6.07) is 0. The van der Waals surface area contributed by atoms with Gasteiger partial charge in [0.1, 0.15) is 12.2 Å². The van der Waals surface area contributed by atoms with E-state index >= 15 is 0 Å². The highest BCUT2D eigenvalue weighted by molar-refractivity contribution is 6.02. The normalized spacial score (nSPS) is 10.3. The Kier molecular flexibility index (Phi) is 3.04. The van der Waals surface area contributed by atoms with E-state index in [4.69, 9.17) is 5.11 Å². The fraction of sp³-hybridized carbons (Fsp3) is 0.222. The van der Waals surface area contributed by atoms with Gasteiger partial charge in [-0.15, -0.1) is 0 Å². The fourth-order valence-corrected chi connectivity index (χ4v) is 1.40. The maximum absolute atomic E-state index is 12.0. The Morgan fingerprint density at radius 2 is 2.22 bits per heavy atom. The third kappa shape index (κ3) is 2.19. The molecule has 0 spiro atoms. The summed E-state index contributed by atoms with van der Waals surface area (Å²) in [5, 5.41) is 15.1. The van der Waals surface area contributed by atoms with Crippen molar-refractivity contribution >= 4 is 11.9 Å². The molecule has 2 aromatic rings. The van der Waals surface area contributed by atoms with Gasteiger partial charge >= 0.3 is 5.97 Å². The van der Waals surface area contributed by atoms with E-state index in [-0.39, 0.29) is 17.9 Å². The molecule has 2 rings (SSSR count). The van der Waals surface area contributed by atoms with Crippen LogP contribution in [0, 0.1) is 0 Å². The van der Waals surface area contributed by atoms with Crippen molar-refractivity contribution in [3.63, 3.8) is 0 Å². The van der Waals surface area contributed by atoms with Gasteiger partial charge in [-0.05, 0) is 0 Å². The lowest BCUT2D eigenvalue weighted by atomic mass is 10.3. The van der Waals surface area contributed by atoms with Crippen LogP contribution in [0.3, 0.4) is 0 Å². The SMILES string of the molecule is CN(Cc1ncn[nH]1)C(=O)c1nc[nH]c1C(=O)O. The lowest BCUT2D eigenvalue weighted by Gasteiger charge is -2.14. The molecule has 0 aromatic carbocycles. The molecular weight excluding hydrogens is 240 g/mol. The number of aromatic carboxylic acids is 1. The lowest BCUT2D eigenvalue weighted by Crippen LogP contribution is -2.28. The van der Waals surface area contributed by atoms with Crippen LogP contribution in [0.1, 0.15) is 26.8 Å². The van der Waals surface area contributed by atoms with Crippen LogP contribution in [0.2, 0.25) is 0 Å². The minimum absolute atomic E-state index is 0.135. The van der Waals surface area contributed by atoms with Gasteiger partial charge < -0.3 is 15.0 Å². The van der Waals surface area contributed by atoms with Crippen LogP contribution in [0.4, 0.5) is 0 Å². The number of nitrogens with zero attached hydrogens (tertiary/aromatic N) is 4. The molecule has 0 atom stereocenters. The van der Waals surface area contributed by atoms with Crippen LogP contribution in [0.25, 0.3) is 0 Å². The van der Waals surface area contributed by atoms with Gasteiger partial charge in [0.05, 0.1) is 12.9 Å². The highest BCUT2D eigenvalue weighted by Gasteiger charge is 2.23. The van der Waals surface area contributed by atoms with Crippen molar-refractivity contribution in [3.05, 3.63) is 29.9 Å². The third-order valence-electron chi connectivity index (χ3n) is 2.25. The molecule has 9 nitrogen and oxygen atoms in total. The van der Waals surface area contributed by atoms with E-state index in [1.165, 1.54) is 24.6 Å². The summed E-state index contributed by atoms with van der Waals surface area (Å²) in [7, 11) is 1.52. The minimum atomic E-state index is -1.23. The number of aromatic amines is 2. The molecule has 0 fully saturated rings. The molecule has 0 radical (unpaired) electrons. The van der Waals surface area contributed by atoms with Crippen molar-refractivity contribution in [1.29, 1.82) is 0 Å². The van der Waals surface area contributed by atoms with Crippen LogP contribution in [0.15, 0.2) is 12.7 Å². The van der Waals surface area contributed by atoms with Gasteiger partial charge in [0.2, 0.25) is 0 Å². The van der Waals surface area contributed by atoms with Gasteiger partial charge in [-0.25, -0.2) is 14.8 Å². The summed E-state index contributed by atoms with van der Waals surface area (Å²) in [6.45, 7) is 0.185. The van der Waals surface area contributed by atoms with Crippen molar-refractivity contribution in [2.24, 2.45) is 0 Å². The molecule has 18 heavy (non-hydrogen) atoms. The molecule has 1 amide bonds. The lowest BCUT2D eigenvalue weighted by molar-refractivity contribution is 0.0673. The Balaban J connectivity index is 2.15. The first-order valence-electron chi connectivity index (χ1n) is 4.96. The number of rotatable bonds is 4. The largest absolute Gasteiger partial charge is 0.477 e. The molecule has 0 aliphatic carbocycles. The predicted octanol–water partition coefficient (Wildman–Crippen LogP) is -0.502. The van der Waals surface area contributed by atoms with E-state index in [0.29, 0.717) is 5.82 Å². The number of amides is 1. The minimum Gasteiger partial charge on any atom is -0.477 e. The summed E-state index contributed by atoms with van der Waals surface area (Å²) >= 11 is 0. The second kappa shape index (κ2) is 4.65. The second-order valence-electron chi connectivity index (χ2n) is 3.52. The summed E-state index contributed by atoms with van der Waals surface area (Å²) in [6.07, 6.45) is 2.49. The van der Waals surface area contributed by atoms with E-state index < -0.39 is 11.9 Å². The van der Waals surface area contributed by atoms with E-state index in [1.807, 2.05) is 0 Å². The molecule has 0 aliphatic heterocycles. The molecule has 0 aliphatic rings. The summed E-state index contributed by atoms with van der Waals surface area (Å²) < 4.78 is 0. The Bertz CT molecular complexity index is 561. The molecule has 94 valence electrons. The van der Waals surface area contributed by atoms with E-state index in [0.717, 1.165) is 0 Å². The van der Waals surface area contributed by atoms with Crippen molar-refractivity contribution in [2.75, 3.05) is 7.05 Å². The Morgan fingerprint density at radius 1 is 1.44 bits per heavy atom. The first-order valence-corrected chi connectivity index (χ1v) is 4.96. The van der Waals surface area contributed by atoms with Crippen molar-refractivity contribution in [2.45, 2.75) is 6.54 Å². The van der Waals surface area contributed by atoms with Crippen LogP contribution in [-0.4, -0.2) is 54.1 Å². The highest BCUT2D eigenvalue weighted by atomic mass is 16.4. The number of carboxylic acids is 1. The number of aromatic nitrogens is 5. The molecule has 0 saturated heterocycles. The number of carboxylic acid groups (broad SMARTS) is 1. The summed E-state index contributed by atoms with van der Waals surface area (Å²) in [5.74, 6) is -1.24. The van der Waals surface area contributed by atoms with Crippen LogP contribution in [0.5, 0.6) is 0 Å². The zero-order valence-corrected chi connectivity index (χ0v) is 9.41. The Morgan fingerprint density at radius 3 is 2.83 bits per heavy atom. The number of carbonyl (C=O) groups excluding carboxylic acids is 1. The van der Waals surface area contributed by atoms with Gasteiger partial charge in [-0.1, -0.05) is 0 Å². The van der Waals surface area contributed by atoms with Crippen molar-refractivity contribution < 1.29 is 14.7 Å². The quantitative estimate of drug-likeness (QED) is 0.671. The number of carbonyl (C=O) groups is 2. The molecule has 0 unspecified atom stereocenters. The topological polar surface area (TPSA) is 128 Å². The molecule has 3 N–H and O–H groups in total.